The Labute approximate surface area is 202 Å². The van der Waals surface area contributed by atoms with Crippen LogP contribution in [0.25, 0.3) is 11.0 Å². The number of hydrogen-bond donors (Lipinski definition) is 1. The Morgan fingerprint density at radius 1 is 1.11 bits per heavy atom. The van der Waals surface area contributed by atoms with Crippen LogP contribution in [0.2, 0.25) is 0 Å². The molecule has 2 aromatic heterocycles. The first kappa shape index (κ1) is 24.0. The highest BCUT2D eigenvalue weighted by Crippen LogP contribution is 2.30. The second-order valence-corrected chi connectivity index (χ2v) is 7.63. The van der Waals surface area contributed by atoms with E-state index in [2.05, 4.69) is 15.6 Å². The lowest BCUT2D eigenvalue weighted by molar-refractivity contribution is -0.127. The number of fused-ring (bicyclic) bond motifs is 1. The molecule has 0 aliphatic carbocycles. The summed E-state index contributed by atoms with van der Waals surface area (Å²) in [5.41, 5.74) is 1.89. The van der Waals surface area contributed by atoms with Crippen molar-refractivity contribution in [2.45, 2.75) is 19.5 Å². The van der Waals surface area contributed by atoms with Crippen LogP contribution in [0.4, 0.5) is 5.69 Å². The summed E-state index contributed by atoms with van der Waals surface area (Å²) in [5.74, 6) is 0.214. The van der Waals surface area contributed by atoms with Crippen molar-refractivity contribution in [3.8, 4) is 5.75 Å². The third kappa shape index (κ3) is 5.49. The Morgan fingerprint density at radius 2 is 1.91 bits per heavy atom. The van der Waals surface area contributed by atoms with Crippen LogP contribution >= 0.6 is 0 Å². The lowest BCUT2D eigenvalue weighted by atomic mass is 10.1. The fourth-order valence-corrected chi connectivity index (χ4v) is 3.74. The van der Waals surface area contributed by atoms with Crippen LogP contribution in [0.15, 0.2) is 71.3 Å². The normalized spacial score (nSPS) is 11.8. The topological polar surface area (TPSA) is 112 Å². The molecule has 4 rings (SSSR count). The summed E-state index contributed by atoms with van der Waals surface area (Å²) in [6.45, 7) is 2.89. The van der Waals surface area contributed by atoms with Crippen LogP contribution in [-0.4, -0.2) is 53.7 Å². The molecule has 10 heteroatoms. The minimum absolute atomic E-state index is 0.129. The SMILES string of the molecule is CCOc1ccc(N(C(=O)Cn2nnc3ccccc32)C(C(=O)NCCOC)c2ccco2)cc1. The smallest absolute Gasteiger partial charge is 0.251 e. The Balaban J connectivity index is 1.72. The zero-order chi connectivity index (χ0) is 24.6. The third-order valence-electron chi connectivity index (χ3n) is 5.32. The molecule has 0 spiro atoms. The molecule has 0 saturated heterocycles. The summed E-state index contributed by atoms with van der Waals surface area (Å²) >= 11 is 0. The molecule has 0 aliphatic heterocycles. The van der Waals surface area contributed by atoms with Gasteiger partial charge >= 0.3 is 0 Å². The third-order valence-corrected chi connectivity index (χ3v) is 5.32. The van der Waals surface area contributed by atoms with E-state index in [1.54, 1.807) is 43.5 Å². The van der Waals surface area contributed by atoms with Gasteiger partial charge in [-0.15, -0.1) is 5.10 Å². The summed E-state index contributed by atoms with van der Waals surface area (Å²) < 4.78 is 17.7. The molecule has 35 heavy (non-hydrogen) atoms. The van der Waals surface area contributed by atoms with Gasteiger partial charge in [0.25, 0.3) is 5.91 Å². The summed E-state index contributed by atoms with van der Waals surface area (Å²) in [7, 11) is 1.55. The van der Waals surface area contributed by atoms with E-state index in [9.17, 15) is 9.59 Å². The van der Waals surface area contributed by atoms with Crippen LogP contribution in [0.3, 0.4) is 0 Å². The van der Waals surface area contributed by atoms with Gasteiger partial charge in [0, 0.05) is 19.3 Å². The molecule has 1 unspecified atom stereocenters. The molecule has 4 aromatic rings. The predicted octanol–water partition coefficient (Wildman–Crippen LogP) is 2.96. The largest absolute Gasteiger partial charge is 0.494 e. The van der Waals surface area contributed by atoms with Gasteiger partial charge in [0.1, 0.15) is 23.6 Å². The van der Waals surface area contributed by atoms with Gasteiger partial charge in [-0.3, -0.25) is 14.5 Å². The van der Waals surface area contributed by atoms with Crippen LogP contribution < -0.4 is 15.0 Å². The molecule has 10 nitrogen and oxygen atoms in total. The number of carbonyl (C=O) groups excluding carboxylic acids is 2. The van der Waals surface area contributed by atoms with E-state index < -0.39 is 11.9 Å². The first-order valence-corrected chi connectivity index (χ1v) is 11.3. The number of hydrogen-bond acceptors (Lipinski definition) is 7. The number of carbonyl (C=O) groups is 2. The van der Waals surface area contributed by atoms with Crippen molar-refractivity contribution in [2.24, 2.45) is 0 Å². The fraction of sp³-hybridized carbons (Fsp3) is 0.280. The highest BCUT2D eigenvalue weighted by atomic mass is 16.5. The first-order chi connectivity index (χ1) is 17.1. The monoisotopic (exact) mass is 477 g/mol. The zero-order valence-electron chi connectivity index (χ0n) is 19.6. The summed E-state index contributed by atoms with van der Waals surface area (Å²) in [6.07, 6.45) is 1.47. The van der Waals surface area contributed by atoms with Crippen molar-refractivity contribution in [2.75, 3.05) is 31.8 Å². The summed E-state index contributed by atoms with van der Waals surface area (Å²) in [6, 6.07) is 16.6. The molecule has 0 saturated carbocycles. The van der Waals surface area contributed by atoms with Crippen molar-refractivity contribution >= 4 is 28.5 Å². The van der Waals surface area contributed by atoms with Crippen LogP contribution in [-0.2, 0) is 20.9 Å². The second-order valence-electron chi connectivity index (χ2n) is 7.63. The first-order valence-electron chi connectivity index (χ1n) is 11.3. The van der Waals surface area contributed by atoms with Gasteiger partial charge in [-0.25, -0.2) is 4.68 Å². The Hall–Kier alpha value is -4.18. The molecule has 1 atom stereocenters. The maximum Gasteiger partial charge on any atom is 0.251 e. The van der Waals surface area contributed by atoms with E-state index in [4.69, 9.17) is 13.9 Å². The number of nitrogens with zero attached hydrogens (tertiary/aromatic N) is 4. The van der Waals surface area contributed by atoms with Crippen molar-refractivity contribution in [3.63, 3.8) is 0 Å². The average Bonchev–Trinajstić information content (AvgIpc) is 3.54. The van der Waals surface area contributed by atoms with Gasteiger partial charge in [0.05, 0.1) is 25.0 Å². The van der Waals surface area contributed by atoms with E-state index in [0.29, 0.717) is 41.4 Å². The number of methoxy groups -OCH3 is 1. The molecular weight excluding hydrogens is 450 g/mol. The van der Waals surface area contributed by atoms with Gasteiger partial charge < -0.3 is 19.2 Å². The lowest BCUT2D eigenvalue weighted by Gasteiger charge is -2.30. The van der Waals surface area contributed by atoms with Crippen LogP contribution in [0, 0.1) is 0 Å². The van der Waals surface area contributed by atoms with Crippen LogP contribution in [0.1, 0.15) is 18.7 Å². The number of furan rings is 1. The van der Waals surface area contributed by atoms with Crippen molar-refractivity contribution < 1.29 is 23.5 Å². The van der Waals surface area contributed by atoms with E-state index in [1.165, 1.54) is 15.8 Å². The van der Waals surface area contributed by atoms with E-state index >= 15 is 0 Å². The molecule has 1 N–H and O–H groups in total. The number of rotatable bonds is 11. The molecule has 2 amide bonds. The number of anilines is 1. The number of benzene rings is 2. The quantitative estimate of drug-likeness (QED) is 0.331. The number of amides is 2. The minimum atomic E-state index is -1.05. The van der Waals surface area contributed by atoms with Crippen molar-refractivity contribution in [1.82, 2.24) is 20.3 Å². The number of nitrogens with one attached hydrogen (secondary N) is 1. The van der Waals surface area contributed by atoms with Gasteiger partial charge in [-0.05, 0) is 55.5 Å². The fourth-order valence-electron chi connectivity index (χ4n) is 3.74. The molecule has 2 aromatic carbocycles. The molecule has 0 aliphatic rings. The molecule has 182 valence electrons. The van der Waals surface area contributed by atoms with E-state index in [-0.39, 0.29) is 19.0 Å². The molecular formula is C25H27N5O5. The van der Waals surface area contributed by atoms with Crippen molar-refractivity contribution in [1.29, 1.82) is 0 Å². The summed E-state index contributed by atoms with van der Waals surface area (Å²) in [4.78, 5) is 28.5. The standard InChI is InChI=1S/C25H27N5O5/c1-3-34-19-12-10-18(11-13-19)30(23(31)17-29-21-8-5-4-7-20(21)27-28-29)24(22-9-6-15-35-22)25(32)26-14-16-33-2/h4-13,15,24H,3,14,16-17H2,1-2H3,(H,26,32). The molecule has 2 heterocycles. The number of para-hydroxylation sites is 1. The molecule has 0 radical (unpaired) electrons. The van der Waals surface area contributed by atoms with Gasteiger partial charge in [-0.1, -0.05) is 17.3 Å². The highest BCUT2D eigenvalue weighted by molar-refractivity contribution is 6.01. The van der Waals surface area contributed by atoms with E-state index in [1.807, 2.05) is 31.2 Å². The maximum absolute atomic E-state index is 13.8. The molecule has 0 bridgehead atoms. The van der Waals surface area contributed by atoms with Crippen molar-refractivity contribution in [3.05, 3.63) is 72.7 Å². The van der Waals surface area contributed by atoms with Gasteiger partial charge in [0.2, 0.25) is 5.91 Å². The highest BCUT2D eigenvalue weighted by Gasteiger charge is 2.35. The minimum Gasteiger partial charge on any atom is -0.494 e. The van der Waals surface area contributed by atoms with Gasteiger partial charge in [0.15, 0.2) is 6.04 Å². The zero-order valence-corrected chi connectivity index (χ0v) is 19.6. The van der Waals surface area contributed by atoms with Gasteiger partial charge in [-0.2, -0.15) is 0 Å². The van der Waals surface area contributed by atoms with Crippen LogP contribution in [0.5, 0.6) is 5.75 Å². The Morgan fingerprint density at radius 3 is 2.63 bits per heavy atom. The maximum atomic E-state index is 13.8. The Bertz CT molecular complexity index is 1250. The lowest BCUT2D eigenvalue weighted by Crippen LogP contribution is -2.45. The van der Waals surface area contributed by atoms with E-state index in [0.717, 1.165) is 0 Å². The second kappa shape index (κ2) is 11.3. The Kier molecular flexibility index (Phi) is 7.74. The summed E-state index contributed by atoms with van der Waals surface area (Å²) in [5, 5.41) is 11.1. The predicted molar refractivity (Wildman–Crippen MR) is 129 cm³/mol. The number of aromatic nitrogens is 3. The average molecular weight is 478 g/mol. The molecule has 0 fully saturated rings. The number of ether oxygens (including phenoxy) is 2.